The highest BCUT2D eigenvalue weighted by atomic mass is 16.1. The van der Waals surface area contributed by atoms with Crippen LogP contribution in [0, 0.1) is 0 Å². The maximum Gasteiger partial charge on any atom is 0.237 e. The van der Waals surface area contributed by atoms with E-state index in [1.54, 1.807) is 0 Å². The van der Waals surface area contributed by atoms with Gasteiger partial charge in [0.2, 0.25) is 5.91 Å². The molecule has 0 aromatic rings. The van der Waals surface area contributed by atoms with E-state index in [4.69, 9.17) is 5.73 Å². The fourth-order valence-electron chi connectivity index (χ4n) is 4.25. The summed E-state index contributed by atoms with van der Waals surface area (Å²) in [4.78, 5) is 14.6. The zero-order chi connectivity index (χ0) is 14.2. The molecule has 0 bridgehead atoms. The molecule has 3 aliphatic rings. The monoisotopic (exact) mass is 279 g/mol. The predicted octanol–water partition coefficient (Wildman–Crippen LogP) is 1.78. The minimum Gasteiger partial charge on any atom is -0.368 e. The van der Waals surface area contributed by atoms with Gasteiger partial charge >= 0.3 is 0 Å². The van der Waals surface area contributed by atoms with E-state index in [0.29, 0.717) is 12.1 Å². The summed E-state index contributed by atoms with van der Waals surface area (Å²) in [5, 5.41) is 3.58. The van der Waals surface area contributed by atoms with Crippen molar-refractivity contribution in [1.82, 2.24) is 10.2 Å². The van der Waals surface area contributed by atoms with Crippen molar-refractivity contribution in [3.05, 3.63) is 0 Å². The highest BCUT2D eigenvalue weighted by Gasteiger charge is 2.45. The number of nitrogens with zero attached hydrogens (tertiary/aromatic N) is 1. The molecule has 3 aliphatic carbocycles. The number of carbonyl (C=O) groups is 1. The van der Waals surface area contributed by atoms with E-state index in [1.807, 2.05) is 0 Å². The Hall–Kier alpha value is -0.610. The molecule has 2 unspecified atom stereocenters. The van der Waals surface area contributed by atoms with Gasteiger partial charge in [-0.15, -0.1) is 0 Å². The molecule has 2 atom stereocenters. The SMILES string of the molecule is CN(C1CCCC1)C1CCCC(NC2CC2)(C(N)=O)C1. The van der Waals surface area contributed by atoms with Gasteiger partial charge in [-0.1, -0.05) is 12.8 Å². The lowest BCUT2D eigenvalue weighted by molar-refractivity contribution is -0.127. The summed E-state index contributed by atoms with van der Waals surface area (Å²) >= 11 is 0. The number of nitrogens with two attached hydrogens (primary N) is 1. The Bertz CT molecular complexity index is 363. The first kappa shape index (κ1) is 14.3. The molecular weight excluding hydrogens is 250 g/mol. The molecule has 3 fully saturated rings. The molecule has 4 heteroatoms. The van der Waals surface area contributed by atoms with Crippen LogP contribution in [-0.4, -0.2) is 41.5 Å². The van der Waals surface area contributed by atoms with E-state index in [-0.39, 0.29) is 5.91 Å². The average Bonchev–Trinajstić information content (AvgIpc) is 3.08. The maximum atomic E-state index is 12.1. The van der Waals surface area contributed by atoms with E-state index in [2.05, 4.69) is 17.3 Å². The van der Waals surface area contributed by atoms with Crippen LogP contribution in [-0.2, 0) is 4.79 Å². The van der Waals surface area contributed by atoms with Gasteiger partial charge in [-0.25, -0.2) is 0 Å². The quantitative estimate of drug-likeness (QED) is 0.806. The maximum absolute atomic E-state index is 12.1. The van der Waals surface area contributed by atoms with Gasteiger partial charge in [0.1, 0.15) is 0 Å². The minimum atomic E-state index is -0.434. The van der Waals surface area contributed by atoms with Crippen molar-refractivity contribution in [2.24, 2.45) is 5.73 Å². The van der Waals surface area contributed by atoms with Gasteiger partial charge in [-0.2, -0.15) is 0 Å². The summed E-state index contributed by atoms with van der Waals surface area (Å²) in [6.45, 7) is 0. The summed E-state index contributed by atoms with van der Waals surface area (Å²) in [6.07, 6.45) is 12.0. The van der Waals surface area contributed by atoms with E-state index < -0.39 is 5.54 Å². The Balaban J connectivity index is 1.68. The molecule has 0 aliphatic heterocycles. The second kappa shape index (κ2) is 5.64. The van der Waals surface area contributed by atoms with Gasteiger partial charge in [-0.05, 0) is 58.4 Å². The lowest BCUT2D eigenvalue weighted by atomic mass is 9.77. The molecule has 20 heavy (non-hydrogen) atoms. The van der Waals surface area contributed by atoms with Gasteiger partial charge in [0.15, 0.2) is 0 Å². The van der Waals surface area contributed by atoms with Crippen LogP contribution in [0.2, 0.25) is 0 Å². The van der Waals surface area contributed by atoms with Crippen molar-refractivity contribution in [3.8, 4) is 0 Å². The van der Waals surface area contributed by atoms with Crippen molar-refractivity contribution in [2.75, 3.05) is 7.05 Å². The zero-order valence-corrected chi connectivity index (χ0v) is 12.7. The Kier molecular flexibility index (Phi) is 4.04. The highest BCUT2D eigenvalue weighted by Crippen LogP contribution is 2.36. The topological polar surface area (TPSA) is 58.4 Å². The van der Waals surface area contributed by atoms with Gasteiger partial charge in [0, 0.05) is 18.1 Å². The molecule has 0 saturated heterocycles. The number of primary amides is 1. The Morgan fingerprint density at radius 3 is 2.35 bits per heavy atom. The molecular formula is C16H29N3O. The van der Waals surface area contributed by atoms with E-state index in [1.165, 1.54) is 44.9 Å². The van der Waals surface area contributed by atoms with Crippen LogP contribution in [0.5, 0.6) is 0 Å². The summed E-state index contributed by atoms with van der Waals surface area (Å²) < 4.78 is 0. The second-order valence-electron chi connectivity index (χ2n) is 7.22. The van der Waals surface area contributed by atoms with Crippen LogP contribution in [0.3, 0.4) is 0 Å². The molecule has 3 N–H and O–H groups in total. The van der Waals surface area contributed by atoms with Gasteiger partial charge in [0.25, 0.3) is 0 Å². The molecule has 0 radical (unpaired) electrons. The summed E-state index contributed by atoms with van der Waals surface area (Å²) in [5.41, 5.74) is 5.34. The number of carbonyl (C=O) groups excluding carboxylic acids is 1. The molecule has 3 rings (SSSR count). The fraction of sp³-hybridized carbons (Fsp3) is 0.938. The third-order valence-corrected chi connectivity index (χ3v) is 5.73. The summed E-state index contributed by atoms with van der Waals surface area (Å²) in [7, 11) is 2.26. The van der Waals surface area contributed by atoms with Crippen LogP contribution in [0.25, 0.3) is 0 Å². The van der Waals surface area contributed by atoms with E-state index in [0.717, 1.165) is 25.3 Å². The molecule has 4 nitrogen and oxygen atoms in total. The first-order chi connectivity index (χ1) is 9.61. The molecule has 0 aromatic carbocycles. The van der Waals surface area contributed by atoms with Crippen molar-refractivity contribution < 1.29 is 4.79 Å². The third kappa shape index (κ3) is 2.86. The standard InChI is InChI=1S/C16H29N3O/c1-19(13-5-2-3-6-13)14-7-4-10-16(11-14,15(17)20)18-12-8-9-12/h12-14,18H,2-11H2,1H3,(H2,17,20). The minimum absolute atomic E-state index is 0.131. The van der Waals surface area contributed by atoms with Crippen LogP contribution in [0.1, 0.15) is 64.2 Å². The van der Waals surface area contributed by atoms with Gasteiger partial charge in [0.05, 0.1) is 5.54 Å². The van der Waals surface area contributed by atoms with Crippen LogP contribution < -0.4 is 11.1 Å². The van der Waals surface area contributed by atoms with Crippen LogP contribution >= 0.6 is 0 Å². The number of nitrogens with one attached hydrogen (secondary N) is 1. The van der Waals surface area contributed by atoms with Crippen molar-refractivity contribution >= 4 is 5.91 Å². The van der Waals surface area contributed by atoms with Crippen molar-refractivity contribution in [1.29, 1.82) is 0 Å². The summed E-state index contributed by atoms with van der Waals surface area (Å²) in [5.74, 6) is -0.131. The molecule has 1 amide bonds. The molecule has 114 valence electrons. The zero-order valence-electron chi connectivity index (χ0n) is 12.7. The Morgan fingerprint density at radius 2 is 1.75 bits per heavy atom. The molecule has 3 saturated carbocycles. The lowest BCUT2D eigenvalue weighted by Gasteiger charge is -2.44. The van der Waals surface area contributed by atoms with Crippen LogP contribution in [0.4, 0.5) is 0 Å². The summed E-state index contributed by atoms with van der Waals surface area (Å²) in [6, 6.07) is 1.79. The van der Waals surface area contributed by atoms with Gasteiger partial charge < -0.3 is 16.0 Å². The van der Waals surface area contributed by atoms with E-state index in [9.17, 15) is 4.79 Å². The molecule has 0 heterocycles. The van der Waals surface area contributed by atoms with Crippen LogP contribution in [0.15, 0.2) is 0 Å². The number of rotatable bonds is 5. The van der Waals surface area contributed by atoms with Crippen molar-refractivity contribution in [2.45, 2.75) is 87.9 Å². The predicted molar refractivity (Wildman–Crippen MR) is 80.4 cm³/mol. The van der Waals surface area contributed by atoms with Crippen molar-refractivity contribution in [3.63, 3.8) is 0 Å². The first-order valence-electron chi connectivity index (χ1n) is 8.40. The highest BCUT2D eigenvalue weighted by molar-refractivity contribution is 5.85. The molecule has 0 spiro atoms. The third-order valence-electron chi connectivity index (χ3n) is 5.73. The number of hydrogen-bond acceptors (Lipinski definition) is 3. The van der Waals surface area contributed by atoms with Gasteiger partial charge in [-0.3, -0.25) is 4.79 Å². The Morgan fingerprint density at radius 1 is 1.10 bits per heavy atom. The smallest absolute Gasteiger partial charge is 0.237 e. The van der Waals surface area contributed by atoms with E-state index >= 15 is 0 Å². The number of amides is 1. The Labute approximate surface area is 122 Å². The second-order valence-corrected chi connectivity index (χ2v) is 7.22. The number of hydrogen-bond donors (Lipinski definition) is 2. The molecule has 0 aromatic heterocycles. The largest absolute Gasteiger partial charge is 0.368 e. The average molecular weight is 279 g/mol. The fourth-order valence-corrected chi connectivity index (χ4v) is 4.25. The lowest BCUT2D eigenvalue weighted by Crippen LogP contribution is -2.61. The first-order valence-corrected chi connectivity index (χ1v) is 8.40. The normalized spacial score (nSPS) is 35.6.